The first-order valence-electron chi connectivity index (χ1n) is 10.9. The molecule has 0 unspecified atom stereocenters. The summed E-state index contributed by atoms with van der Waals surface area (Å²) >= 11 is 5.55. The highest BCUT2D eigenvalue weighted by molar-refractivity contribution is 7.80. The number of anilines is 2. The maximum absolute atomic E-state index is 5.55. The summed E-state index contributed by atoms with van der Waals surface area (Å²) in [5, 5.41) is 16.1. The maximum atomic E-state index is 5.55. The van der Waals surface area contributed by atoms with Gasteiger partial charge in [-0.3, -0.25) is 9.36 Å². The Morgan fingerprint density at radius 1 is 0.941 bits per heavy atom. The lowest BCUT2D eigenvalue weighted by Crippen LogP contribution is -2.19. The van der Waals surface area contributed by atoms with Gasteiger partial charge in [0.15, 0.2) is 16.6 Å². The fraction of sp³-hybridized carbons (Fsp3) is 0.240. The number of aromatic nitrogens is 4. The third kappa shape index (κ3) is 5.37. The molecule has 0 radical (unpaired) electrons. The number of benzene rings is 2. The van der Waals surface area contributed by atoms with Crippen LogP contribution in [0, 0.1) is 13.8 Å². The van der Waals surface area contributed by atoms with Crippen molar-refractivity contribution in [3.63, 3.8) is 0 Å². The van der Waals surface area contributed by atoms with Crippen LogP contribution in [0.2, 0.25) is 0 Å². The number of nitrogens with one attached hydrogen (secondary N) is 2. The Kier molecular flexibility index (Phi) is 7.12. The van der Waals surface area contributed by atoms with Crippen LogP contribution in [0.4, 0.5) is 11.4 Å². The summed E-state index contributed by atoms with van der Waals surface area (Å²) < 4.78 is 14.6. The molecule has 34 heavy (non-hydrogen) atoms. The Morgan fingerprint density at radius 2 is 1.71 bits per heavy atom. The SMILES string of the molecule is COc1ccc(Cn2nc(C)c(NC(=S)Nc3cnn(Cc4ccccc4)c3)c2C)cc1OC. The van der Waals surface area contributed by atoms with E-state index in [1.807, 2.05) is 65.8 Å². The van der Waals surface area contributed by atoms with E-state index in [1.54, 1.807) is 20.4 Å². The van der Waals surface area contributed by atoms with Crippen LogP contribution in [0.15, 0.2) is 60.9 Å². The minimum Gasteiger partial charge on any atom is -0.493 e. The van der Waals surface area contributed by atoms with Gasteiger partial charge in [-0.05, 0) is 49.3 Å². The van der Waals surface area contributed by atoms with Crippen LogP contribution in [-0.2, 0) is 13.1 Å². The van der Waals surface area contributed by atoms with Crippen molar-refractivity contribution in [3.8, 4) is 11.5 Å². The molecule has 2 aromatic carbocycles. The monoisotopic (exact) mass is 476 g/mol. The molecular weight excluding hydrogens is 448 g/mol. The second kappa shape index (κ2) is 10.4. The van der Waals surface area contributed by atoms with Crippen LogP contribution in [0.3, 0.4) is 0 Å². The van der Waals surface area contributed by atoms with Crippen LogP contribution < -0.4 is 20.1 Å². The molecule has 0 aliphatic heterocycles. The summed E-state index contributed by atoms with van der Waals surface area (Å²) in [4.78, 5) is 0. The molecule has 0 saturated carbocycles. The van der Waals surface area contributed by atoms with E-state index in [1.165, 1.54) is 5.56 Å². The molecule has 2 N–H and O–H groups in total. The standard InChI is InChI=1S/C25H28N6O2S/c1-17-24(18(2)31(29-17)15-20-10-11-22(32-3)23(12-20)33-4)28-25(34)27-21-13-26-30(16-21)14-19-8-6-5-7-9-19/h5-13,16H,14-15H2,1-4H3,(H2,27,28,34). The minimum atomic E-state index is 0.483. The van der Waals surface area contributed by atoms with Gasteiger partial charge in [0.05, 0.1) is 56.3 Å². The highest BCUT2D eigenvalue weighted by Crippen LogP contribution is 2.28. The van der Waals surface area contributed by atoms with Crippen molar-refractivity contribution in [2.75, 3.05) is 24.9 Å². The van der Waals surface area contributed by atoms with Crippen molar-refractivity contribution >= 4 is 28.7 Å². The average Bonchev–Trinajstić information content (AvgIpc) is 3.38. The lowest BCUT2D eigenvalue weighted by Gasteiger charge is -2.11. The largest absolute Gasteiger partial charge is 0.493 e. The first-order valence-corrected chi connectivity index (χ1v) is 11.3. The zero-order valence-corrected chi connectivity index (χ0v) is 20.5. The second-order valence-electron chi connectivity index (χ2n) is 7.88. The Labute approximate surface area is 204 Å². The molecule has 9 heteroatoms. The Morgan fingerprint density at radius 3 is 2.44 bits per heavy atom. The van der Waals surface area contributed by atoms with Gasteiger partial charge in [0.2, 0.25) is 0 Å². The van der Waals surface area contributed by atoms with Crippen LogP contribution in [0.5, 0.6) is 11.5 Å². The molecule has 0 aliphatic carbocycles. The summed E-state index contributed by atoms with van der Waals surface area (Å²) in [6.45, 7) is 5.27. The number of methoxy groups -OCH3 is 2. The molecule has 176 valence electrons. The highest BCUT2D eigenvalue weighted by atomic mass is 32.1. The number of nitrogens with zero attached hydrogens (tertiary/aromatic N) is 4. The van der Waals surface area contributed by atoms with Crippen molar-refractivity contribution in [2.45, 2.75) is 26.9 Å². The van der Waals surface area contributed by atoms with Crippen molar-refractivity contribution in [3.05, 3.63) is 83.4 Å². The fourth-order valence-corrected chi connectivity index (χ4v) is 3.96. The van der Waals surface area contributed by atoms with Gasteiger partial charge >= 0.3 is 0 Å². The molecule has 0 atom stereocenters. The zero-order valence-electron chi connectivity index (χ0n) is 19.7. The van der Waals surface area contributed by atoms with E-state index < -0.39 is 0 Å². The van der Waals surface area contributed by atoms with Crippen LogP contribution in [0.25, 0.3) is 0 Å². The van der Waals surface area contributed by atoms with Crippen LogP contribution >= 0.6 is 12.2 Å². The molecular formula is C25H28N6O2S. The van der Waals surface area contributed by atoms with E-state index in [-0.39, 0.29) is 0 Å². The van der Waals surface area contributed by atoms with Crippen molar-refractivity contribution in [2.24, 2.45) is 0 Å². The normalized spacial score (nSPS) is 10.7. The Hall–Kier alpha value is -3.85. The second-order valence-corrected chi connectivity index (χ2v) is 8.29. The van der Waals surface area contributed by atoms with E-state index >= 15 is 0 Å². The summed E-state index contributed by atoms with van der Waals surface area (Å²) in [6.07, 6.45) is 3.69. The molecule has 2 aromatic heterocycles. The van der Waals surface area contributed by atoms with Crippen molar-refractivity contribution in [1.29, 1.82) is 0 Å². The van der Waals surface area contributed by atoms with Crippen molar-refractivity contribution in [1.82, 2.24) is 19.6 Å². The predicted molar refractivity (Wildman–Crippen MR) is 138 cm³/mol. The van der Waals surface area contributed by atoms with Crippen molar-refractivity contribution < 1.29 is 9.47 Å². The Bertz CT molecular complexity index is 1280. The quantitative estimate of drug-likeness (QED) is 0.359. The lowest BCUT2D eigenvalue weighted by molar-refractivity contribution is 0.354. The molecule has 8 nitrogen and oxygen atoms in total. The molecule has 0 aliphatic rings. The first kappa shape index (κ1) is 23.3. The third-order valence-corrected chi connectivity index (χ3v) is 5.68. The van der Waals surface area contributed by atoms with Gasteiger partial charge in [-0.25, -0.2) is 0 Å². The van der Waals surface area contributed by atoms with Gasteiger partial charge in [-0.1, -0.05) is 36.4 Å². The number of hydrogen-bond donors (Lipinski definition) is 2. The Balaban J connectivity index is 1.41. The number of ether oxygens (including phenoxy) is 2. The minimum absolute atomic E-state index is 0.483. The van der Waals surface area contributed by atoms with Gasteiger partial charge in [0.25, 0.3) is 0 Å². The average molecular weight is 477 g/mol. The van der Waals surface area contributed by atoms with E-state index in [4.69, 9.17) is 26.8 Å². The highest BCUT2D eigenvalue weighted by Gasteiger charge is 2.14. The third-order valence-electron chi connectivity index (χ3n) is 5.48. The van der Waals surface area contributed by atoms with Gasteiger partial charge in [-0.2, -0.15) is 10.2 Å². The number of hydrogen-bond acceptors (Lipinski definition) is 5. The molecule has 0 amide bonds. The first-order chi connectivity index (χ1) is 16.5. The van der Waals surface area contributed by atoms with E-state index in [2.05, 4.69) is 27.9 Å². The molecule has 0 fully saturated rings. The smallest absolute Gasteiger partial charge is 0.175 e. The van der Waals surface area contributed by atoms with Crippen LogP contribution in [-0.4, -0.2) is 38.9 Å². The number of aryl methyl sites for hydroxylation is 1. The van der Waals surface area contributed by atoms with E-state index in [0.29, 0.717) is 29.7 Å². The molecule has 0 spiro atoms. The van der Waals surface area contributed by atoms with Gasteiger partial charge < -0.3 is 20.1 Å². The van der Waals surface area contributed by atoms with Crippen LogP contribution in [0.1, 0.15) is 22.5 Å². The van der Waals surface area contributed by atoms with Gasteiger partial charge in [0, 0.05) is 6.20 Å². The zero-order chi connectivity index (χ0) is 24.1. The fourth-order valence-electron chi connectivity index (χ4n) is 3.74. The van der Waals surface area contributed by atoms with Gasteiger partial charge in [-0.15, -0.1) is 0 Å². The molecule has 0 bridgehead atoms. The number of thiocarbonyl (C=S) groups is 1. The molecule has 4 aromatic rings. The number of rotatable bonds is 8. The van der Waals surface area contributed by atoms with E-state index in [9.17, 15) is 0 Å². The van der Waals surface area contributed by atoms with E-state index in [0.717, 1.165) is 28.3 Å². The topological polar surface area (TPSA) is 78.2 Å². The predicted octanol–water partition coefficient (Wildman–Crippen LogP) is 4.62. The molecule has 2 heterocycles. The molecule has 0 saturated heterocycles. The maximum Gasteiger partial charge on any atom is 0.175 e. The summed E-state index contributed by atoms with van der Waals surface area (Å²) in [5.41, 5.74) is 5.79. The van der Waals surface area contributed by atoms with Gasteiger partial charge in [0.1, 0.15) is 0 Å². The lowest BCUT2D eigenvalue weighted by atomic mass is 10.2. The molecule has 4 rings (SSSR count). The summed E-state index contributed by atoms with van der Waals surface area (Å²) in [5.74, 6) is 1.39. The summed E-state index contributed by atoms with van der Waals surface area (Å²) in [7, 11) is 3.26. The summed E-state index contributed by atoms with van der Waals surface area (Å²) in [6, 6.07) is 16.1.